The van der Waals surface area contributed by atoms with Crippen LogP contribution in [-0.2, 0) is 4.79 Å². The highest BCUT2D eigenvalue weighted by Crippen LogP contribution is 2.53. The van der Waals surface area contributed by atoms with Crippen molar-refractivity contribution in [3.8, 4) is 0 Å². The minimum atomic E-state index is -0.717. The molecule has 0 saturated heterocycles. The maximum atomic E-state index is 11.4. The highest BCUT2D eigenvalue weighted by atomic mass is 16.4. The summed E-state index contributed by atoms with van der Waals surface area (Å²) in [5.74, 6) is -0.214. The minimum absolute atomic E-state index is 0.0648. The Labute approximate surface area is 90.7 Å². The molecule has 2 nitrogen and oxygen atoms in total. The fourth-order valence-corrected chi connectivity index (χ4v) is 3.33. The first-order chi connectivity index (χ1) is 7.08. The average Bonchev–Trinajstić information content (AvgIpc) is 2.48. The van der Waals surface area contributed by atoms with Crippen LogP contribution in [0.2, 0.25) is 0 Å². The van der Waals surface area contributed by atoms with Gasteiger partial charge in [0.1, 0.15) is 0 Å². The Bertz CT molecular complexity index is 352. The van der Waals surface area contributed by atoms with Crippen molar-refractivity contribution in [2.24, 2.45) is 11.3 Å². The SMILES string of the molecule is CC1=C(C(=O)O)C2(CC=C1)CCCC2C. The van der Waals surface area contributed by atoms with Gasteiger partial charge in [-0.3, -0.25) is 0 Å². The second kappa shape index (κ2) is 3.51. The first kappa shape index (κ1) is 10.5. The van der Waals surface area contributed by atoms with Crippen LogP contribution < -0.4 is 0 Å². The van der Waals surface area contributed by atoms with Crippen LogP contribution in [0, 0.1) is 11.3 Å². The first-order valence-corrected chi connectivity index (χ1v) is 5.69. The number of carboxylic acid groups (broad SMARTS) is 1. The third-order valence-electron chi connectivity index (χ3n) is 4.16. The number of carboxylic acids is 1. The van der Waals surface area contributed by atoms with Gasteiger partial charge in [-0.25, -0.2) is 4.79 Å². The molecule has 1 fully saturated rings. The van der Waals surface area contributed by atoms with Gasteiger partial charge in [0.15, 0.2) is 0 Å². The van der Waals surface area contributed by atoms with Crippen LogP contribution in [-0.4, -0.2) is 11.1 Å². The molecule has 2 aliphatic rings. The summed E-state index contributed by atoms with van der Waals surface area (Å²) in [6.45, 7) is 4.12. The van der Waals surface area contributed by atoms with E-state index >= 15 is 0 Å². The Morgan fingerprint density at radius 1 is 1.60 bits per heavy atom. The third-order valence-corrected chi connectivity index (χ3v) is 4.16. The van der Waals surface area contributed by atoms with Gasteiger partial charge in [0.05, 0.1) is 0 Å². The number of rotatable bonds is 1. The highest BCUT2D eigenvalue weighted by molar-refractivity contribution is 5.90. The molecule has 2 unspecified atom stereocenters. The van der Waals surface area contributed by atoms with Crippen molar-refractivity contribution in [1.82, 2.24) is 0 Å². The zero-order chi connectivity index (χ0) is 11.1. The smallest absolute Gasteiger partial charge is 0.332 e. The van der Waals surface area contributed by atoms with Crippen LogP contribution in [0.25, 0.3) is 0 Å². The van der Waals surface area contributed by atoms with Gasteiger partial charge in [0.25, 0.3) is 0 Å². The molecule has 2 rings (SSSR count). The number of aliphatic carboxylic acids is 1. The van der Waals surface area contributed by atoms with Gasteiger partial charge in [0.2, 0.25) is 0 Å². The molecule has 2 atom stereocenters. The van der Waals surface area contributed by atoms with E-state index < -0.39 is 5.97 Å². The largest absolute Gasteiger partial charge is 0.478 e. The quantitative estimate of drug-likeness (QED) is 0.715. The zero-order valence-electron chi connectivity index (χ0n) is 9.42. The number of carbonyl (C=O) groups is 1. The monoisotopic (exact) mass is 206 g/mol. The molecule has 82 valence electrons. The molecule has 0 radical (unpaired) electrons. The molecule has 0 amide bonds. The summed E-state index contributed by atoms with van der Waals surface area (Å²) in [6, 6.07) is 0. The summed E-state index contributed by atoms with van der Waals surface area (Å²) in [5.41, 5.74) is 1.56. The fraction of sp³-hybridized carbons (Fsp3) is 0.615. The van der Waals surface area contributed by atoms with Gasteiger partial charge in [-0.15, -0.1) is 0 Å². The second-order valence-electron chi connectivity index (χ2n) is 4.92. The first-order valence-electron chi connectivity index (χ1n) is 5.69. The topological polar surface area (TPSA) is 37.3 Å². The van der Waals surface area contributed by atoms with Crippen LogP contribution in [0.5, 0.6) is 0 Å². The van der Waals surface area contributed by atoms with E-state index in [9.17, 15) is 9.90 Å². The number of allylic oxidation sites excluding steroid dienone is 3. The third kappa shape index (κ3) is 1.43. The average molecular weight is 206 g/mol. The van der Waals surface area contributed by atoms with E-state index in [4.69, 9.17) is 0 Å². The van der Waals surface area contributed by atoms with E-state index in [-0.39, 0.29) is 5.41 Å². The lowest BCUT2D eigenvalue weighted by Gasteiger charge is -2.36. The summed E-state index contributed by atoms with van der Waals surface area (Å²) in [6.07, 6.45) is 8.38. The molecule has 2 aliphatic carbocycles. The molecular formula is C13H18O2. The Morgan fingerprint density at radius 3 is 2.87 bits per heavy atom. The minimum Gasteiger partial charge on any atom is -0.478 e. The van der Waals surface area contributed by atoms with E-state index in [1.165, 1.54) is 6.42 Å². The highest BCUT2D eigenvalue weighted by Gasteiger charge is 2.46. The van der Waals surface area contributed by atoms with Crippen molar-refractivity contribution in [1.29, 1.82) is 0 Å². The number of hydrogen-bond donors (Lipinski definition) is 1. The van der Waals surface area contributed by atoms with Crippen LogP contribution in [0.3, 0.4) is 0 Å². The van der Waals surface area contributed by atoms with Gasteiger partial charge in [-0.1, -0.05) is 25.5 Å². The summed E-state index contributed by atoms with van der Waals surface area (Å²) in [5, 5.41) is 9.36. The molecule has 2 heteroatoms. The van der Waals surface area contributed by atoms with E-state index in [1.807, 2.05) is 13.0 Å². The van der Waals surface area contributed by atoms with Gasteiger partial charge >= 0.3 is 5.97 Å². The van der Waals surface area contributed by atoms with E-state index in [0.29, 0.717) is 11.5 Å². The normalized spacial score (nSPS) is 35.2. The van der Waals surface area contributed by atoms with Crippen molar-refractivity contribution in [2.45, 2.75) is 39.5 Å². The number of hydrogen-bond acceptors (Lipinski definition) is 1. The molecule has 0 bridgehead atoms. The summed E-state index contributed by atoms with van der Waals surface area (Å²) >= 11 is 0. The van der Waals surface area contributed by atoms with Gasteiger partial charge in [-0.05, 0) is 37.7 Å². The standard InChI is InChI=1S/C13H18O2/c1-9-5-3-7-13(11(9)12(14)15)8-4-6-10(13)2/h3,5,10H,4,6-8H2,1-2H3,(H,14,15). The van der Waals surface area contributed by atoms with Crippen LogP contribution >= 0.6 is 0 Å². The van der Waals surface area contributed by atoms with Gasteiger partial charge in [0, 0.05) is 11.0 Å². The molecule has 1 spiro atoms. The lowest BCUT2D eigenvalue weighted by Crippen LogP contribution is -2.32. The molecule has 0 aromatic carbocycles. The summed E-state index contributed by atoms with van der Waals surface area (Å²) in [7, 11) is 0. The van der Waals surface area contributed by atoms with Crippen molar-refractivity contribution in [2.75, 3.05) is 0 Å². The molecule has 0 aromatic heterocycles. The van der Waals surface area contributed by atoms with Crippen LogP contribution in [0.15, 0.2) is 23.3 Å². The van der Waals surface area contributed by atoms with Crippen molar-refractivity contribution in [3.63, 3.8) is 0 Å². The maximum Gasteiger partial charge on any atom is 0.332 e. The van der Waals surface area contributed by atoms with Gasteiger partial charge in [-0.2, -0.15) is 0 Å². The molecular weight excluding hydrogens is 188 g/mol. The predicted octanol–water partition coefficient (Wildman–Crippen LogP) is 3.15. The summed E-state index contributed by atoms with van der Waals surface area (Å²) in [4.78, 5) is 11.4. The fourth-order valence-electron chi connectivity index (χ4n) is 3.33. The molecule has 0 aromatic rings. The lowest BCUT2D eigenvalue weighted by molar-refractivity contribution is -0.134. The van der Waals surface area contributed by atoms with E-state index in [0.717, 1.165) is 24.8 Å². The van der Waals surface area contributed by atoms with Gasteiger partial charge < -0.3 is 5.11 Å². The predicted molar refractivity (Wildman–Crippen MR) is 59.5 cm³/mol. The van der Waals surface area contributed by atoms with Crippen molar-refractivity contribution in [3.05, 3.63) is 23.3 Å². The Kier molecular flexibility index (Phi) is 2.45. The Hall–Kier alpha value is -1.05. The summed E-state index contributed by atoms with van der Waals surface area (Å²) < 4.78 is 0. The zero-order valence-corrected chi connectivity index (χ0v) is 9.42. The maximum absolute atomic E-state index is 11.4. The van der Waals surface area contributed by atoms with Crippen molar-refractivity contribution < 1.29 is 9.90 Å². The Morgan fingerprint density at radius 2 is 2.33 bits per heavy atom. The Balaban J connectivity index is 2.49. The van der Waals surface area contributed by atoms with Crippen LogP contribution in [0.4, 0.5) is 0 Å². The lowest BCUT2D eigenvalue weighted by atomic mass is 9.66. The molecule has 15 heavy (non-hydrogen) atoms. The second-order valence-corrected chi connectivity index (χ2v) is 4.92. The molecule has 1 saturated carbocycles. The molecule has 1 N–H and O–H groups in total. The van der Waals surface area contributed by atoms with E-state index in [2.05, 4.69) is 13.0 Å². The van der Waals surface area contributed by atoms with Crippen molar-refractivity contribution >= 4 is 5.97 Å². The molecule has 0 aliphatic heterocycles. The van der Waals surface area contributed by atoms with Crippen LogP contribution in [0.1, 0.15) is 39.5 Å². The van der Waals surface area contributed by atoms with E-state index in [1.54, 1.807) is 0 Å². The molecule has 0 heterocycles.